The Labute approximate surface area is 114 Å². The van der Waals surface area contributed by atoms with E-state index in [-0.39, 0.29) is 6.42 Å². The van der Waals surface area contributed by atoms with Crippen LogP contribution < -0.4 is 5.32 Å². The first-order chi connectivity index (χ1) is 9.27. The fourth-order valence-electron chi connectivity index (χ4n) is 2.10. The van der Waals surface area contributed by atoms with E-state index < -0.39 is 55.1 Å². The number of carbonyl (C=O) groups is 2. The number of amides is 1. The van der Waals surface area contributed by atoms with Crippen molar-refractivity contribution in [2.45, 2.75) is 50.0 Å². The molecule has 1 aliphatic heterocycles. The maximum Gasteiger partial charge on any atom is 0.336 e. The molecule has 0 spiro atoms. The second-order valence-corrected chi connectivity index (χ2v) is 4.67. The van der Waals surface area contributed by atoms with Gasteiger partial charge in [0.25, 0.3) is 0 Å². The Morgan fingerprint density at radius 3 is 2.50 bits per heavy atom. The molecule has 0 radical (unpaired) electrons. The summed E-state index contributed by atoms with van der Waals surface area (Å²) in [6.07, 6.45) is -8.53. The molecule has 0 bridgehead atoms. The van der Waals surface area contributed by atoms with Crippen molar-refractivity contribution in [2.24, 2.45) is 0 Å². The van der Waals surface area contributed by atoms with E-state index >= 15 is 0 Å². The molecule has 0 aromatic rings. The van der Waals surface area contributed by atoms with Gasteiger partial charge in [-0.05, 0) is 0 Å². The number of aliphatic hydroxyl groups excluding tert-OH is 3. The van der Waals surface area contributed by atoms with Crippen LogP contribution in [-0.4, -0.2) is 75.5 Å². The third-order valence-electron chi connectivity index (χ3n) is 3.03. The number of hydrogen-bond acceptors (Lipinski definition) is 6. The molecule has 1 fully saturated rings. The summed E-state index contributed by atoms with van der Waals surface area (Å²) in [5.41, 5.74) is 0. The quantitative estimate of drug-likeness (QED) is 0.388. The fraction of sp³-hybridized carbons (Fsp3) is 0.818. The van der Waals surface area contributed by atoms with Crippen molar-refractivity contribution in [3.8, 4) is 0 Å². The van der Waals surface area contributed by atoms with Gasteiger partial charge in [-0.2, -0.15) is 0 Å². The topological polar surface area (TPSA) is 136 Å². The van der Waals surface area contributed by atoms with E-state index in [0.717, 1.165) is 6.92 Å². The summed E-state index contributed by atoms with van der Waals surface area (Å²) < 4.78 is 18.8. The summed E-state index contributed by atoms with van der Waals surface area (Å²) in [5.74, 6) is -2.16. The summed E-state index contributed by atoms with van der Waals surface area (Å²) in [4.78, 5) is 21.9. The van der Waals surface area contributed by atoms with E-state index in [1.165, 1.54) is 0 Å². The van der Waals surface area contributed by atoms with Gasteiger partial charge in [0.15, 0.2) is 12.3 Å². The Kier molecular flexibility index (Phi) is 5.81. The highest BCUT2D eigenvalue weighted by molar-refractivity contribution is 5.75. The minimum absolute atomic E-state index is 0.255. The predicted molar refractivity (Wildman–Crippen MR) is 62.5 cm³/mol. The van der Waals surface area contributed by atoms with Crippen molar-refractivity contribution >= 4 is 11.9 Å². The number of alkyl halides is 1. The van der Waals surface area contributed by atoms with Gasteiger partial charge in [-0.1, -0.05) is 0 Å². The highest BCUT2D eigenvalue weighted by Gasteiger charge is 2.49. The summed E-state index contributed by atoms with van der Waals surface area (Å²) in [7, 11) is 0. The fourth-order valence-corrected chi connectivity index (χ4v) is 2.10. The smallest absolute Gasteiger partial charge is 0.336 e. The molecule has 1 unspecified atom stereocenters. The standard InChI is InChI=1S/C11H18FNO7/c1-4(15)13-8-6(2-5(16)3-14)20-10(11(18)19)7(12)9(8)17/h5-10,14,16-17H,2-3H2,1H3,(H,13,15)(H,18,19)/t5-,6-,7+,8-,9-,10?/m0/s1. The number of aliphatic hydroxyl groups is 3. The number of carbonyl (C=O) groups excluding carboxylic acids is 1. The molecule has 6 atom stereocenters. The summed E-state index contributed by atoms with van der Waals surface area (Å²) in [6, 6.07) is -1.21. The van der Waals surface area contributed by atoms with Crippen LogP contribution in [0.5, 0.6) is 0 Å². The Morgan fingerprint density at radius 2 is 2.05 bits per heavy atom. The van der Waals surface area contributed by atoms with Gasteiger partial charge in [0.2, 0.25) is 5.91 Å². The zero-order chi connectivity index (χ0) is 15.4. The van der Waals surface area contributed by atoms with E-state index in [4.69, 9.17) is 14.9 Å². The van der Waals surface area contributed by atoms with Gasteiger partial charge in [-0.25, -0.2) is 9.18 Å². The van der Waals surface area contributed by atoms with Crippen LogP contribution in [0.3, 0.4) is 0 Å². The van der Waals surface area contributed by atoms with Crippen LogP contribution in [0, 0.1) is 0 Å². The molecule has 0 aliphatic carbocycles. The number of ether oxygens (including phenoxy) is 1. The number of hydrogen-bond donors (Lipinski definition) is 5. The first-order valence-electron chi connectivity index (χ1n) is 6.04. The third kappa shape index (κ3) is 3.85. The van der Waals surface area contributed by atoms with Gasteiger partial charge in [0, 0.05) is 13.3 Å². The predicted octanol–water partition coefficient (Wildman–Crippen LogP) is -2.21. The molecule has 9 heteroatoms. The zero-order valence-corrected chi connectivity index (χ0v) is 10.8. The van der Waals surface area contributed by atoms with E-state index in [1.54, 1.807) is 0 Å². The Bertz CT molecular complexity index is 367. The number of carboxylic acid groups (broad SMARTS) is 1. The normalized spacial score (nSPS) is 35.4. The van der Waals surface area contributed by atoms with Crippen LogP contribution in [-0.2, 0) is 14.3 Å². The van der Waals surface area contributed by atoms with Gasteiger partial charge >= 0.3 is 5.97 Å². The summed E-state index contributed by atoms with van der Waals surface area (Å²) >= 11 is 0. The highest BCUT2D eigenvalue weighted by Crippen LogP contribution is 2.26. The van der Waals surface area contributed by atoms with Crippen LogP contribution in [0.25, 0.3) is 0 Å². The SMILES string of the molecule is CC(=O)N[C@@H]1[C@@H](O)[C@@H](F)C(C(=O)O)O[C@H]1C[C@H](O)CO. The summed E-state index contributed by atoms with van der Waals surface area (Å²) in [5, 5.41) is 39.0. The minimum atomic E-state index is -2.22. The van der Waals surface area contributed by atoms with E-state index in [2.05, 4.69) is 5.32 Å². The molecular weight excluding hydrogens is 277 g/mol. The lowest BCUT2D eigenvalue weighted by Crippen LogP contribution is -2.64. The second-order valence-electron chi connectivity index (χ2n) is 4.67. The minimum Gasteiger partial charge on any atom is -0.479 e. The Hall–Kier alpha value is -1.29. The first kappa shape index (κ1) is 16.8. The number of halogens is 1. The monoisotopic (exact) mass is 295 g/mol. The molecule has 1 amide bonds. The van der Waals surface area contributed by atoms with Gasteiger partial charge in [-0.15, -0.1) is 0 Å². The summed E-state index contributed by atoms with van der Waals surface area (Å²) in [6.45, 7) is 0.530. The van der Waals surface area contributed by atoms with Crippen molar-refractivity contribution in [3.63, 3.8) is 0 Å². The molecule has 1 heterocycles. The van der Waals surface area contributed by atoms with E-state index in [1.807, 2.05) is 0 Å². The lowest BCUT2D eigenvalue weighted by molar-refractivity contribution is -0.193. The number of nitrogens with one attached hydrogen (secondary N) is 1. The van der Waals surface area contributed by atoms with Crippen LogP contribution in [0.4, 0.5) is 4.39 Å². The first-order valence-corrected chi connectivity index (χ1v) is 6.04. The van der Waals surface area contributed by atoms with Crippen LogP contribution in [0.15, 0.2) is 0 Å². The van der Waals surface area contributed by atoms with Gasteiger partial charge in [0.1, 0.15) is 6.10 Å². The molecule has 0 saturated carbocycles. The Morgan fingerprint density at radius 1 is 1.45 bits per heavy atom. The third-order valence-corrected chi connectivity index (χ3v) is 3.03. The van der Waals surface area contributed by atoms with Crippen molar-refractivity contribution in [1.82, 2.24) is 5.32 Å². The van der Waals surface area contributed by atoms with Gasteiger partial charge < -0.3 is 30.5 Å². The van der Waals surface area contributed by atoms with Crippen molar-refractivity contribution < 1.29 is 39.1 Å². The molecule has 1 saturated heterocycles. The van der Waals surface area contributed by atoms with Crippen LogP contribution in [0.1, 0.15) is 13.3 Å². The molecule has 1 aliphatic rings. The number of aliphatic carboxylic acids is 1. The number of carboxylic acids is 1. The lowest BCUT2D eigenvalue weighted by Gasteiger charge is -2.41. The molecule has 8 nitrogen and oxygen atoms in total. The van der Waals surface area contributed by atoms with Gasteiger partial charge in [0.05, 0.1) is 24.9 Å². The van der Waals surface area contributed by atoms with Crippen LogP contribution in [0.2, 0.25) is 0 Å². The molecule has 1 rings (SSSR count). The van der Waals surface area contributed by atoms with E-state index in [9.17, 15) is 24.2 Å². The Balaban J connectivity index is 2.92. The maximum absolute atomic E-state index is 13.8. The van der Waals surface area contributed by atoms with Gasteiger partial charge in [-0.3, -0.25) is 4.79 Å². The van der Waals surface area contributed by atoms with Crippen LogP contribution >= 0.6 is 0 Å². The van der Waals surface area contributed by atoms with E-state index in [0.29, 0.717) is 0 Å². The zero-order valence-electron chi connectivity index (χ0n) is 10.8. The molecule has 20 heavy (non-hydrogen) atoms. The molecular formula is C11H18FNO7. The van der Waals surface area contributed by atoms with Crippen molar-refractivity contribution in [1.29, 1.82) is 0 Å². The maximum atomic E-state index is 13.8. The van der Waals surface area contributed by atoms with Crippen molar-refractivity contribution in [2.75, 3.05) is 6.61 Å². The highest BCUT2D eigenvalue weighted by atomic mass is 19.1. The molecule has 0 aromatic carbocycles. The van der Waals surface area contributed by atoms with Crippen molar-refractivity contribution in [3.05, 3.63) is 0 Å². The second kappa shape index (κ2) is 6.93. The average Bonchev–Trinajstić information content (AvgIpc) is 2.37. The molecule has 5 N–H and O–H groups in total. The lowest BCUT2D eigenvalue weighted by atomic mass is 9.90. The molecule has 0 aromatic heterocycles. The number of rotatable bonds is 5. The molecule has 116 valence electrons. The largest absolute Gasteiger partial charge is 0.479 e. The average molecular weight is 295 g/mol.